The second-order valence-corrected chi connectivity index (χ2v) is 6.57. The molecule has 0 saturated carbocycles. The van der Waals surface area contributed by atoms with Crippen LogP contribution in [-0.4, -0.2) is 39.1 Å². The molecule has 0 aromatic carbocycles. The maximum absolute atomic E-state index is 5.43. The molecule has 120 valence electrons. The van der Waals surface area contributed by atoms with Crippen LogP contribution in [0.2, 0.25) is 0 Å². The van der Waals surface area contributed by atoms with Gasteiger partial charge in [-0.25, -0.2) is 9.97 Å². The standard InChI is InChI=1S/C16H19N5OS/c1-20-6-5-18-15(20)13-9-17-4-7-21(13)10-12-11-23-16(19-12)14-3-2-8-22-14/h2-3,5-6,8,11,13,17H,4,7,9-10H2,1H3. The predicted octanol–water partition coefficient (Wildman–Crippen LogP) is 2.28. The zero-order valence-corrected chi connectivity index (χ0v) is 13.8. The van der Waals surface area contributed by atoms with E-state index in [4.69, 9.17) is 9.40 Å². The van der Waals surface area contributed by atoms with Crippen molar-refractivity contribution in [1.29, 1.82) is 0 Å². The number of nitrogens with zero attached hydrogens (tertiary/aromatic N) is 4. The van der Waals surface area contributed by atoms with E-state index in [1.807, 2.05) is 31.6 Å². The van der Waals surface area contributed by atoms with E-state index in [0.717, 1.165) is 48.5 Å². The highest BCUT2D eigenvalue weighted by molar-refractivity contribution is 7.13. The van der Waals surface area contributed by atoms with Gasteiger partial charge in [0.1, 0.15) is 5.82 Å². The molecule has 0 bridgehead atoms. The molecule has 7 heteroatoms. The molecule has 1 N–H and O–H groups in total. The van der Waals surface area contributed by atoms with Gasteiger partial charge in [0.25, 0.3) is 0 Å². The fraction of sp³-hybridized carbons (Fsp3) is 0.375. The Balaban J connectivity index is 1.53. The zero-order valence-electron chi connectivity index (χ0n) is 13.0. The maximum atomic E-state index is 5.43. The molecule has 1 aliphatic heterocycles. The summed E-state index contributed by atoms with van der Waals surface area (Å²) in [5.41, 5.74) is 1.09. The normalized spacial score (nSPS) is 19.3. The Morgan fingerprint density at radius 3 is 3.22 bits per heavy atom. The molecule has 1 atom stereocenters. The predicted molar refractivity (Wildman–Crippen MR) is 89.0 cm³/mol. The van der Waals surface area contributed by atoms with Crippen molar-refractivity contribution >= 4 is 11.3 Å². The first-order valence-electron chi connectivity index (χ1n) is 7.71. The Kier molecular flexibility index (Phi) is 3.99. The summed E-state index contributed by atoms with van der Waals surface area (Å²) >= 11 is 1.63. The van der Waals surface area contributed by atoms with Gasteiger partial charge in [-0.05, 0) is 12.1 Å². The van der Waals surface area contributed by atoms with Gasteiger partial charge in [0.15, 0.2) is 10.8 Å². The van der Waals surface area contributed by atoms with Crippen molar-refractivity contribution in [3.8, 4) is 10.8 Å². The molecule has 4 rings (SSSR count). The summed E-state index contributed by atoms with van der Waals surface area (Å²) in [4.78, 5) is 11.7. The molecular formula is C16H19N5OS. The molecule has 1 saturated heterocycles. The minimum atomic E-state index is 0.275. The molecule has 1 aliphatic rings. The lowest BCUT2D eigenvalue weighted by Crippen LogP contribution is -2.46. The Hall–Kier alpha value is -1.96. The number of furan rings is 1. The van der Waals surface area contributed by atoms with E-state index in [1.165, 1.54) is 0 Å². The van der Waals surface area contributed by atoms with Gasteiger partial charge in [0.2, 0.25) is 0 Å². The van der Waals surface area contributed by atoms with Gasteiger partial charge in [-0.2, -0.15) is 0 Å². The van der Waals surface area contributed by atoms with E-state index >= 15 is 0 Å². The monoisotopic (exact) mass is 329 g/mol. The average Bonchev–Trinajstić information content (AvgIpc) is 3.29. The van der Waals surface area contributed by atoms with E-state index in [9.17, 15) is 0 Å². The summed E-state index contributed by atoms with van der Waals surface area (Å²) in [7, 11) is 2.05. The molecule has 0 amide bonds. The summed E-state index contributed by atoms with van der Waals surface area (Å²) in [5.74, 6) is 1.93. The van der Waals surface area contributed by atoms with Crippen molar-refractivity contribution in [2.45, 2.75) is 12.6 Å². The molecule has 0 aliphatic carbocycles. The Morgan fingerprint density at radius 2 is 2.43 bits per heavy atom. The molecule has 1 fully saturated rings. The number of rotatable bonds is 4. The van der Waals surface area contributed by atoms with Crippen LogP contribution >= 0.6 is 11.3 Å². The molecule has 23 heavy (non-hydrogen) atoms. The summed E-state index contributed by atoms with van der Waals surface area (Å²) in [5, 5.41) is 6.52. The van der Waals surface area contributed by atoms with Crippen LogP contribution in [0.25, 0.3) is 10.8 Å². The van der Waals surface area contributed by atoms with Crippen molar-refractivity contribution in [2.24, 2.45) is 7.05 Å². The number of piperazine rings is 1. The fourth-order valence-electron chi connectivity index (χ4n) is 2.99. The lowest BCUT2D eigenvalue weighted by atomic mass is 10.1. The first-order valence-corrected chi connectivity index (χ1v) is 8.59. The number of aromatic nitrogens is 3. The number of hydrogen-bond donors (Lipinski definition) is 1. The van der Waals surface area contributed by atoms with Crippen molar-refractivity contribution < 1.29 is 4.42 Å². The third-order valence-corrected chi connectivity index (χ3v) is 5.07. The van der Waals surface area contributed by atoms with Crippen LogP contribution in [0.4, 0.5) is 0 Å². The lowest BCUT2D eigenvalue weighted by molar-refractivity contribution is 0.143. The van der Waals surface area contributed by atoms with Crippen LogP contribution in [0.1, 0.15) is 17.6 Å². The third kappa shape index (κ3) is 2.95. The average molecular weight is 329 g/mol. The lowest BCUT2D eigenvalue weighted by Gasteiger charge is -2.35. The largest absolute Gasteiger partial charge is 0.462 e. The van der Waals surface area contributed by atoms with E-state index in [-0.39, 0.29) is 6.04 Å². The SMILES string of the molecule is Cn1ccnc1C1CNCCN1Cc1csc(-c2ccco2)n1. The van der Waals surface area contributed by atoms with Gasteiger partial charge >= 0.3 is 0 Å². The van der Waals surface area contributed by atoms with Gasteiger partial charge in [-0.15, -0.1) is 11.3 Å². The second-order valence-electron chi connectivity index (χ2n) is 5.71. The topological polar surface area (TPSA) is 59.1 Å². The summed E-state index contributed by atoms with van der Waals surface area (Å²) < 4.78 is 7.53. The fourth-order valence-corrected chi connectivity index (χ4v) is 3.77. The number of aryl methyl sites for hydroxylation is 1. The first kappa shape index (κ1) is 14.6. The van der Waals surface area contributed by atoms with E-state index < -0.39 is 0 Å². The van der Waals surface area contributed by atoms with Crippen LogP contribution in [0.15, 0.2) is 40.6 Å². The Labute approximate surface area is 138 Å². The van der Waals surface area contributed by atoms with Gasteiger partial charge < -0.3 is 14.3 Å². The van der Waals surface area contributed by atoms with Gasteiger partial charge in [0.05, 0.1) is 18.0 Å². The number of imidazole rings is 1. The smallest absolute Gasteiger partial charge is 0.162 e. The van der Waals surface area contributed by atoms with Crippen LogP contribution in [0, 0.1) is 0 Å². The maximum Gasteiger partial charge on any atom is 0.162 e. The molecule has 4 heterocycles. The van der Waals surface area contributed by atoms with E-state index in [2.05, 4.69) is 25.1 Å². The van der Waals surface area contributed by atoms with Crippen LogP contribution in [0.5, 0.6) is 0 Å². The van der Waals surface area contributed by atoms with E-state index in [1.54, 1.807) is 17.6 Å². The first-order chi connectivity index (χ1) is 11.3. The number of nitrogens with one attached hydrogen (secondary N) is 1. The highest BCUT2D eigenvalue weighted by Crippen LogP contribution is 2.27. The van der Waals surface area contributed by atoms with Crippen molar-refractivity contribution in [2.75, 3.05) is 19.6 Å². The van der Waals surface area contributed by atoms with E-state index in [0.29, 0.717) is 0 Å². The highest BCUT2D eigenvalue weighted by atomic mass is 32.1. The molecule has 0 radical (unpaired) electrons. The quantitative estimate of drug-likeness (QED) is 0.796. The molecule has 3 aromatic heterocycles. The molecule has 1 unspecified atom stereocenters. The van der Waals surface area contributed by atoms with Crippen molar-refractivity contribution in [3.63, 3.8) is 0 Å². The number of thiazole rings is 1. The van der Waals surface area contributed by atoms with Gasteiger partial charge in [-0.1, -0.05) is 0 Å². The molecule has 0 spiro atoms. The highest BCUT2D eigenvalue weighted by Gasteiger charge is 2.27. The van der Waals surface area contributed by atoms with Crippen molar-refractivity contribution in [1.82, 2.24) is 24.8 Å². The molecule has 6 nitrogen and oxygen atoms in total. The summed E-state index contributed by atoms with van der Waals surface area (Å²) in [6.07, 6.45) is 5.55. The van der Waals surface area contributed by atoms with Crippen molar-refractivity contribution in [3.05, 3.63) is 47.7 Å². The van der Waals surface area contributed by atoms with Gasteiger partial charge in [0, 0.05) is 51.0 Å². The summed E-state index contributed by atoms with van der Waals surface area (Å²) in [6, 6.07) is 4.12. The molecule has 3 aromatic rings. The van der Waals surface area contributed by atoms with Crippen LogP contribution in [0.3, 0.4) is 0 Å². The number of hydrogen-bond acceptors (Lipinski definition) is 6. The third-order valence-electron chi connectivity index (χ3n) is 4.16. The zero-order chi connectivity index (χ0) is 15.6. The Bertz CT molecular complexity index is 763. The second kappa shape index (κ2) is 6.27. The van der Waals surface area contributed by atoms with Gasteiger partial charge in [-0.3, -0.25) is 4.90 Å². The summed E-state index contributed by atoms with van der Waals surface area (Å²) in [6.45, 7) is 3.73. The minimum absolute atomic E-state index is 0.275. The van der Waals surface area contributed by atoms with Crippen LogP contribution in [-0.2, 0) is 13.6 Å². The Morgan fingerprint density at radius 1 is 1.48 bits per heavy atom. The molecular weight excluding hydrogens is 310 g/mol. The minimum Gasteiger partial charge on any atom is -0.462 e. The van der Waals surface area contributed by atoms with Crippen LogP contribution < -0.4 is 5.32 Å².